The maximum Gasteiger partial charge on any atom is 0.416 e. The predicted octanol–water partition coefficient (Wildman–Crippen LogP) is 3.33. The van der Waals surface area contributed by atoms with Crippen LogP contribution < -0.4 is 5.32 Å². The van der Waals surface area contributed by atoms with Crippen LogP contribution in [0.1, 0.15) is 24.8 Å². The normalized spacial score (nSPS) is 19.1. The zero-order valence-corrected chi connectivity index (χ0v) is 16.3. The summed E-state index contributed by atoms with van der Waals surface area (Å²) in [6.45, 7) is 1.65. The van der Waals surface area contributed by atoms with E-state index in [1.807, 2.05) is 0 Å². The van der Waals surface area contributed by atoms with Crippen molar-refractivity contribution in [3.05, 3.63) is 54.0 Å². The van der Waals surface area contributed by atoms with Crippen LogP contribution in [0.15, 0.2) is 47.0 Å². The summed E-state index contributed by atoms with van der Waals surface area (Å²) in [6, 6.07) is 7.88. The van der Waals surface area contributed by atoms with Crippen LogP contribution in [0.25, 0.3) is 11.6 Å². The van der Waals surface area contributed by atoms with Gasteiger partial charge in [-0.2, -0.15) is 13.2 Å². The number of aliphatic hydroxyl groups is 1. The highest BCUT2D eigenvalue weighted by Gasteiger charge is 2.48. The van der Waals surface area contributed by atoms with Crippen molar-refractivity contribution in [2.45, 2.75) is 24.9 Å². The van der Waals surface area contributed by atoms with Crippen LogP contribution in [-0.2, 0) is 16.4 Å². The van der Waals surface area contributed by atoms with Gasteiger partial charge in [-0.3, -0.25) is 4.79 Å². The van der Waals surface area contributed by atoms with E-state index in [1.54, 1.807) is 19.1 Å². The van der Waals surface area contributed by atoms with Crippen molar-refractivity contribution >= 4 is 17.3 Å². The number of aromatic nitrogens is 3. The van der Waals surface area contributed by atoms with Gasteiger partial charge >= 0.3 is 6.18 Å². The van der Waals surface area contributed by atoms with Gasteiger partial charge in [0, 0.05) is 18.4 Å². The summed E-state index contributed by atoms with van der Waals surface area (Å²) in [7, 11) is 0. The molecule has 3 aromatic rings. The van der Waals surface area contributed by atoms with E-state index in [0.717, 1.165) is 12.1 Å². The van der Waals surface area contributed by atoms with Crippen molar-refractivity contribution in [2.24, 2.45) is 0 Å². The number of carbonyl (C=O) groups is 1. The first kappa shape index (κ1) is 20.8. The Labute approximate surface area is 174 Å². The molecule has 2 N–H and O–H groups in total. The Kier molecular flexibility index (Phi) is 5.13. The number of likely N-dealkylation sites (tertiary alicyclic amines) is 1. The lowest BCUT2D eigenvalue weighted by atomic mass is 9.89. The third-order valence-corrected chi connectivity index (χ3v) is 5.21. The van der Waals surface area contributed by atoms with E-state index in [1.165, 1.54) is 23.2 Å². The molecule has 3 heterocycles. The number of nitrogens with one attached hydrogen (secondary N) is 1. The topological polar surface area (TPSA) is 104 Å². The number of rotatable bonds is 5. The molecule has 0 saturated carbocycles. The molecule has 0 aliphatic carbocycles. The summed E-state index contributed by atoms with van der Waals surface area (Å²) in [5.41, 5.74) is -0.661. The zero-order chi connectivity index (χ0) is 22.2. The minimum atomic E-state index is -4.42. The van der Waals surface area contributed by atoms with E-state index < -0.39 is 23.9 Å². The van der Waals surface area contributed by atoms with Gasteiger partial charge in [0.25, 0.3) is 5.89 Å². The van der Waals surface area contributed by atoms with E-state index >= 15 is 0 Å². The average molecular weight is 433 g/mol. The Morgan fingerprint density at radius 3 is 2.61 bits per heavy atom. The number of alkyl halides is 3. The number of hydrogen-bond donors (Lipinski definition) is 2. The fraction of sp³-hybridized carbons (Fsp3) is 0.300. The molecule has 1 aliphatic rings. The predicted molar refractivity (Wildman–Crippen MR) is 103 cm³/mol. The molecule has 1 fully saturated rings. The van der Waals surface area contributed by atoms with E-state index in [0.29, 0.717) is 24.3 Å². The molecule has 1 amide bonds. The third kappa shape index (κ3) is 3.83. The second kappa shape index (κ2) is 7.65. The smallest absolute Gasteiger partial charge is 0.416 e. The summed E-state index contributed by atoms with van der Waals surface area (Å²) in [5, 5.41) is 20.3. The lowest BCUT2D eigenvalue weighted by molar-refractivity contribution is -0.137. The van der Waals surface area contributed by atoms with Gasteiger partial charge in [0.15, 0.2) is 5.69 Å². The summed E-state index contributed by atoms with van der Waals surface area (Å²) in [4.78, 5) is 18.1. The largest absolute Gasteiger partial charge is 0.418 e. The SMILES string of the molecule is CC1(c2nnc(-c3ncccc3Nc3ccc(C(F)(F)F)cc3)o2)CCN(CO)C1=O. The highest BCUT2D eigenvalue weighted by Crippen LogP contribution is 2.37. The van der Waals surface area contributed by atoms with Crippen molar-refractivity contribution in [3.63, 3.8) is 0 Å². The molecule has 0 bridgehead atoms. The molecule has 11 heteroatoms. The first-order valence-corrected chi connectivity index (χ1v) is 9.36. The van der Waals surface area contributed by atoms with E-state index in [2.05, 4.69) is 20.5 Å². The highest BCUT2D eigenvalue weighted by atomic mass is 19.4. The minimum absolute atomic E-state index is 0.0569. The monoisotopic (exact) mass is 433 g/mol. The molecular weight excluding hydrogens is 415 g/mol. The Balaban J connectivity index is 1.61. The Morgan fingerprint density at radius 1 is 1.23 bits per heavy atom. The van der Waals surface area contributed by atoms with Gasteiger partial charge in [-0.05, 0) is 49.7 Å². The van der Waals surface area contributed by atoms with Crippen molar-refractivity contribution in [1.29, 1.82) is 0 Å². The highest BCUT2D eigenvalue weighted by molar-refractivity contribution is 5.88. The molecule has 0 radical (unpaired) electrons. The van der Waals surface area contributed by atoms with E-state index in [-0.39, 0.29) is 23.4 Å². The molecule has 0 spiro atoms. The number of hydrogen-bond acceptors (Lipinski definition) is 7. The second-order valence-electron chi connectivity index (χ2n) is 7.30. The number of benzene rings is 1. The Bertz CT molecular complexity index is 1100. The Morgan fingerprint density at radius 2 is 1.97 bits per heavy atom. The van der Waals surface area contributed by atoms with Crippen molar-refractivity contribution < 1.29 is 27.5 Å². The fourth-order valence-electron chi connectivity index (χ4n) is 3.37. The average Bonchev–Trinajstić information content (AvgIpc) is 3.35. The maximum atomic E-state index is 12.8. The van der Waals surface area contributed by atoms with E-state index in [9.17, 15) is 23.1 Å². The first-order chi connectivity index (χ1) is 14.7. The van der Waals surface area contributed by atoms with E-state index in [4.69, 9.17) is 4.42 Å². The lowest BCUT2D eigenvalue weighted by Crippen LogP contribution is -2.36. The zero-order valence-electron chi connectivity index (χ0n) is 16.3. The Hall–Kier alpha value is -3.47. The summed E-state index contributed by atoms with van der Waals surface area (Å²) < 4.78 is 44.1. The van der Waals surface area contributed by atoms with Crippen molar-refractivity contribution in [2.75, 3.05) is 18.6 Å². The molecule has 162 valence electrons. The van der Waals surface area contributed by atoms with Crippen LogP contribution in [0.5, 0.6) is 0 Å². The van der Waals surface area contributed by atoms with Gasteiger partial charge in [-0.15, -0.1) is 10.2 Å². The number of nitrogens with zero attached hydrogens (tertiary/aromatic N) is 4. The molecule has 8 nitrogen and oxygen atoms in total. The second-order valence-corrected chi connectivity index (χ2v) is 7.30. The third-order valence-electron chi connectivity index (χ3n) is 5.21. The number of carbonyl (C=O) groups excluding carboxylic acids is 1. The molecule has 1 unspecified atom stereocenters. The molecule has 4 rings (SSSR count). The first-order valence-electron chi connectivity index (χ1n) is 9.36. The standard InChI is InChI=1S/C20H18F3N5O3/c1-19(8-10-28(11-29)18(19)30)17-27-26-16(31-17)15-14(3-2-9-24-15)25-13-6-4-12(5-7-13)20(21,22)23/h2-7,9,25,29H,8,10-11H2,1H3. The van der Waals surface area contributed by atoms with Crippen molar-refractivity contribution in [3.8, 4) is 11.6 Å². The summed E-state index contributed by atoms with van der Waals surface area (Å²) in [5.74, 6) is -0.148. The number of pyridine rings is 1. The molecule has 1 atom stereocenters. The van der Waals surface area contributed by atoms with Crippen LogP contribution in [0.2, 0.25) is 0 Å². The number of anilines is 2. The molecule has 1 aromatic carbocycles. The van der Waals surface area contributed by atoms with Crippen LogP contribution >= 0.6 is 0 Å². The summed E-state index contributed by atoms with van der Waals surface area (Å²) in [6.07, 6.45) is -2.50. The van der Waals surface area contributed by atoms with Gasteiger partial charge in [0.05, 0.1) is 11.3 Å². The van der Waals surface area contributed by atoms with Gasteiger partial charge in [-0.1, -0.05) is 0 Å². The quantitative estimate of drug-likeness (QED) is 0.636. The van der Waals surface area contributed by atoms with Gasteiger partial charge in [0.2, 0.25) is 11.8 Å². The van der Waals surface area contributed by atoms with Crippen LogP contribution in [0.3, 0.4) is 0 Å². The van der Waals surface area contributed by atoms with Crippen molar-refractivity contribution in [1.82, 2.24) is 20.1 Å². The lowest BCUT2D eigenvalue weighted by Gasteiger charge is -2.18. The molecule has 1 aliphatic heterocycles. The molecule has 31 heavy (non-hydrogen) atoms. The molecular formula is C20H18F3N5O3. The van der Waals surface area contributed by atoms with Gasteiger partial charge in [0.1, 0.15) is 12.1 Å². The molecule has 1 saturated heterocycles. The summed E-state index contributed by atoms with van der Waals surface area (Å²) >= 11 is 0. The minimum Gasteiger partial charge on any atom is -0.418 e. The fourth-order valence-corrected chi connectivity index (χ4v) is 3.37. The van der Waals surface area contributed by atoms with Gasteiger partial charge in [-0.25, -0.2) is 4.98 Å². The van der Waals surface area contributed by atoms with Gasteiger partial charge < -0.3 is 19.7 Å². The number of aliphatic hydroxyl groups excluding tert-OH is 1. The van der Waals surface area contributed by atoms with Crippen LogP contribution in [0, 0.1) is 0 Å². The van der Waals surface area contributed by atoms with Crippen LogP contribution in [0.4, 0.5) is 24.5 Å². The van der Waals surface area contributed by atoms with Crippen LogP contribution in [-0.4, -0.2) is 44.4 Å². The number of halogens is 3. The number of amides is 1. The molecule has 2 aromatic heterocycles. The maximum absolute atomic E-state index is 12.8.